The lowest BCUT2D eigenvalue weighted by Crippen LogP contribution is -2.36. The van der Waals surface area contributed by atoms with Crippen molar-refractivity contribution >= 4 is 40.7 Å². The molecule has 1 heterocycles. The van der Waals surface area contributed by atoms with E-state index in [9.17, 15) is 80.6 Å². The molecule has 1 aliphatic rings. The molecule has 3 aromatic carbocycles. The molecule has 0 atom stereocenters. The van der Waals surface area contributed by atoms with Crippen LogP contribution in [0, 0.1) is 5.41 Å². The third-order valence-corrected chi connectivity index (χ3v) is 7.69. The fourth-order valence-electron chi connectivity index (χ4n) is 5.73. The number of halogens is 15. The lowest BCUT2D eigenvalue weighted by Gasteiger charge is -2.38. The van der Waals surface area contributed by atoms with Crippen molar-refractivity contribution in [1.29, 1.82) is 5.41 Å². The minimum Gasteiger partial charge on any atom is -0.477 e. The lowest BCUT2D eigenvalue weighted by atomic mass is 9.85. The molecule has 54 heavy (non-hydrogen) atoms. The van der Waals surface area contributed by atoms with E-state index in [0.717, 1.165) is 30.4 Å². The summed E-state index contributed by atoms with van der Waals surface area (Å²) < 4.78 is 213. The van der Waals surface area contributed by atoms with Gasteiger partial charge in [-0.25, -0.2) is 4.79 Å². The molecule has 0 spiro atoms. The second-order valence-corrected chi connectivity index (χ2v) is 11.3. The molecule has 4 rings (SSSR count). The fourth-order valence-corrected chi connectivity index (χ4v) is 5.73. The van der Waals surface area contributed by atoms with Crippen LogP contribution in [-0.2, 0) is 46.9 Å². The van der Waals surface area contributed by atoms with E-state index in [1.807, 2.05) is 0 Å². The average Bonchev–Trinajstić information content (AvgIpc) is 3.02. The smallest absolute Gasteiger partial charge is 0.419 e. The molecule has 0 fully saturated rings. The van der Waals surface area contributed by atoms with Crippen molar-refractivity contribution in [3.8, 4) is 0 Å². The number of nitrogens with zero attached hydrogens (tertiary/aromatic N) is 1. The zero-order valence-corrected chi connectivity index (χ0v) is 26.4. The maximum absolute atomic E-state index is 14.5. The molecule has 0 radical (unpaired) electrons. The number of rotatable bonds is 7. The van der Waals surface area contributed by atoms with Crippen LogP contribution in [0.5, 0.6) is 0 Å². The molecule has 1 aliphatic heterocycles. The Labute approximate surface area is 292 Å². The van der Waals surface area contributed by atoms with Crippen molar-refractivity contribution in [2.75, 3.05) is 16.8 Å². The summed E-state index contributed by atoms with van der Waals surface area (Å²) in [6.45, 7) is -1.10. The summed E-state index contributed by atoms with van der Waals surface area (Å²) in [5.74, 6) is -2.89. The van der Waals surface area contributed by atoms with E-state index in [0.29, 0.717) is 6.07 Å². The third-order valence-electron chi connectivity index (χ3n) is 7.69. The Kier molecular flexibility index (Phi) is 11.0. The number of carboxylic acids is 1. The molecular formula is C33H20F15N3O3. The van der Waals surface area contributed by atoms with E-state index in [2.05, 4.69) is 5.32 Å². The molecule has 0 saturated carbocycles. The van der Waals surface area contributed by atoms with E-state index < -0.39 is 106 Å². The predicted molar refractivity (Wildman–Crippen MR) is 161 cm³/mol. The highest BCUT2D eigenvalue weighted by Gasteiger charge is 2.61. The van der Waals surface area contributed by atoms with Gasteiger partial charge in [0, 0.05) is 17.9 Å². The Hall–Kier alpha value is -5.50. The zero-order chi connectivity index (χ0) is 40.8. The SMILES string of the molecule is N=C(C(=O)O)/C(=C/C=C/c1ccc2c(c1)CCCN2c1c(C(F)(F)F)c(C(F)(F)F)c(C(F)(F)F)c(C(F)(F)F)c1C(F)(F)F)C(=O)Nc1ccccc1. The highest BCUT2D eigenvalue weighted by Crippen LogP contribution is 2.60. The van der Waals surface area contributed by atoms with Crippen molar-refractivity contribution in [3.05, 3.63) is 105 Å². The van der Waals surface area contributed by atoms with Crippen molar-refractivity contribution in [2.45, 2.75) is 43.7 Å². The van der Waals surface area contributed by atoms with E-state index in [1.54, 1.807) is 6.07 Å². The largest absolute Gasteiger partial charge is 0.477 e. The van der Waals surface area contributed by atoms with Gasteiger partial charge in [0.1, 0.15) is 0 Å². The number of hydrogen-bond donors (Lipinski definition) is 3. The number of benzene rings is 3. The second kappa shape index (κ2) is 14.4. The summed E-state index contributed by atoms with van der Waals surface area (Å²) in [5, 5.41) is 19.4. The zero-order valence-electron chi connectivity index (χ0n) is 26.4. The molecule has 6 nitrogen and oxygen atoms in total. The van der Waals surface area contributed by atoms with Crippen LogP contribution in [0.25, 0.3) is 6.08 Å². The number of aliphatic carboxylic acids is 1. The summed E-state index contributed by atoms with van der Waals surface area (Å²) in [7, 11) is 0. The van der Waals surface area contributed by atoms with Crippen LogP contribution in [0.1, 0.15) is 45.4 Å². The van der Waals surface area contributed by atoms with Gasteiger partial charge in [-0.3, -0.25) is 10.2 Å². The Bertz CT molecular complexity index is 1970. The minimum absolute atomic E-state index is 0.0111. The lowest BCUT2D eigenvalue weighted by molar-refractivity contribution is -0.188. The van der Waals surface area contributed by atoms with Gasteiger partial charge in [0.25, 0.3) is 5.91 Å². The molecule has 0 bridgehead atoms. The van der Waals surface area contributed by atoms with Crippen molar-refractivity contribution < 1.29 is 80.6 Å². The molecule has 0 aromatic heterocycles. The van der Waals surface area contributed by atoms with Crippen LogP contribution < -0.4 is 10.2 Å². The first-order valence-electron chi connectivity index (χ1n) is 14.7. The molecular weight excluding hydrogens is 771 g/mol. The van der Waals surface area contributed by atoms with Gasteiger partial charge in [-0.2, -0.15) is 65.9 Å². The number of fused-ring (bicyclic) bond motifs is 1. The minimum atomic E-state index is -7.02. The van der Waals surface area contributed by atoms with Gasteiger partial charge in [-0.15, -0.1) is 0 Å². The maximum Gasteiger partial charge on any atom is 0.419 e. The molecule has 21 heteroatoms. The molecule has 1 amide bonds. The Balaban J connectivity index is 1.96. The number of anilines is 3. The standard InChI is InChI=1S/C33H20F15N3O3/c34-29(35,36)20-21(30(37,38)39)23(32(43,44)45)26(24(33(46,47)48)22(20)31(40,41)42)51-13-5-7-16-14-15(11-12-19(16)51)6-4-10-18(25(49)28(53)54)27(52)50-17-8-2-1-3-9-17/h1-4,6,8-12,14,49H,5,7,13H2,(H,50,52)(H,53,54)/b6-4+,18-10-,49-25?. The fraction of sp³-hybridized carbons (Fsp3) is 0.242. The number of alkyl halides is 15. The number of hydrogen-bond acceptors (Lipinski definition) is 4. The Morgan fingerprint density at radius 1 is 0.704 bits per heavy atom. The summed E-state index contributed by atoms with van der Waals surface area (Å²) in [5.41, 5.74) is -25.1. The van der Waals surface area contributed by atoms with Crippen LogP contribution in [-0.4, -0.2) is 29.2 Å². The van der Waals surface area contributed by atoms with Gasteiger partial charge >= 0.3 is 36.9 Å². The van der Waals surface area contributed by atoms with E-state index >= 15 is 0 Å². The molecule has 0 unspecified atom stereocenters. The quantitative estimate of drug-likeness (QED) is 0.0962. The number of amides is 1. The van der Waals surface area contributed by atoms with Gasteiger partial charge in [0.05, 0.1) is 39.1 Å². The van der Waals surface area contributed by atoms with E-state index in [-0.39, 0.29) is 28.1 Å². The van der Waals surface area contributed by atoms with Gasteiger partial charge < -0.3 is 15.3 Å². The van der Waals surface area contributed by atoms with Crippen LogP contribution >= 0.6 is 0 Å². The van der Waals surface area contributed by atoms with Crippen LogP contribution in [0.15, 0.2) is 66.3 Å². The molecule has 3 aromatic rings. The Morgan fingerprint density at radius 2 is 1.19 bits per heavy atom. The normalized spacial score (nSPS) is 14.6. The van der Waals surface area contributed by atoms with Gasteiger partial charge in [0.15, 0.2) is 5.71 Å². The number of aryl methyl sites for hydroxylation is 1. The number of allylic oxidation sites excluding steroid dienone is 2. The first kappa shape index (κ1) is 41.3. The number of carbonyl (C=O) groups is 2. The maximum atomic E-state index is 14.5. The van der Waals surface area contributed by atoms with Gasteiger partial charge in [-0.05, 0) is 54.3 Å². The number of para-hydroxylation sites is 1. The predicted octanol–water partition coefficient (Wildman–Crippen LogP) is 10.5. The van der Waals surface area contributed by atoms with Crippen LogP contribution in [0.3, 0.4) is 0 Å². The monoisotopic (exact) mass is 791 g/mol. The molecule has 0 saturated heterocycles. The topological polar surface area (TPSA) is 93.5 Å². The summed E-state index contributed by atoms with van der Waals surface area (Å²) in [6.07, 6.45) is -32.1. The van der Waals surface area contributed by atoms with Gasteiger partial charge in [0.2, 0.25) is 0 Å². The first-order chi connectivity index (χ1) is 24.7. The Morgan fingerprint density at radius 3 is 1.65 bits per heavy atom. The highest BCUT2D eigenvalue weighted by molar-refractivity contribution is 6.48. The molecule has 3 N–H and O–H groups in total. The van der Waals surface area contributed by atoms with Crippen LogP contribution in [0.4, 0.5) is 82.9 Å². The third kappa shape index (κ3) is 8.65. The number of nitrogens with one attached hydrogen (secondary N) is 2. The van der Waals surface area contributed by atoms with Crippen molar-refractivity contribution in [2.24, 2.45) is 0 Å². The van der Waals surface area contributed by atoms with Gasteiger partial charge in [-0.1, -0.05) is 36.4 Å². The summed E-state index contributed by atoms with van der Waals surface area (Å²) >= 11 is 0. The second-order valence-electron chi connectivity index (χ2n) is 11.3. The van der Waals surface area contributed by atoms with Crippen molar-refractivity contribution in [1.82, 2.24) is 0 Å². The van der Waals surface area contributed by atoms with Crippen LogP contribution in [0.2, 0.25) is 0 Å². The van der Waals surface area contributed by atoms with E-state index in [4.69, 9.17) is 5.41 Å². The summed E-state index contributed by atoms with van der Waals surface area (Å²) in [6, 6.07) is 10.1. The summed E-state index contributed by atoms with van der Waals surface area (Å²) in [4.78, 5) is 24.0. The van der Waals surface area contributed by atoms with E-state index in [1.165, 1.54) is 24.3 Å². The molecule has 0 aliphatic carbocycles. The number of carboxylic acid groups (broad SMARTS) is 1. The van der Waals surface area contributed by atoms with Crippen molar-refractivity contribution in [3.63, 3.8) is 0 Å². The highest BCUT2D eigenvalue weighted by atomic mass is 19.4. The molecule has 290 valence electrons. The first-order valence-corrected chi connectivity index (χ1v) is 14.7. The number of carbonyl (C=O) groups excluding carboxylic acids is 1. The average molecular weight is 792 g/mol.